The number of nitrogens with zero attached hydrogens (tertiary/aromatic N) is 1. The van der Waals surface area contributed by atoms with E-state index in [2.05, 4.69) is 10.6 Å². The van der Waals surface area contributed by atoms with Gasteiger partial charge >= 0.3 is 0 Å². The van der Waals surface area contributed by atoms with Crippen molar-refractivity contribution < 1.29 is 27.9 Å². The third-order valence-corrected chi connectivity index (χ3v) is 4.21. The van der Waals surface area contributed by atoms with E-state index in [-0.39, 0.29) is 30.3 Å². The summed E-state index contributed by atoms with van der Waals surface area (Å²) in [5.74, 6) is -2.92. The van der Waals surface area contributed by atoms with Crippen molar-refractivity contribution in [2.24, 2.45) is 0 Å². The standard InChI is InChI=1S/C20H19F2N3O4/c1-2-7-23-18(26)10-25-16-9-13(4-6-17(16)29-11-19(25)27)24-20(28)14-5-3-12(21)8-15(14)22/h3-6,8-9H,2,7,10-11H2,1H3,(H,23,26)(H,24,28). The Labute approximate surface area is 165 Å². The highest BCUT2D eigenvalue weighted by atomic mass is 19.1. The molecule has 0 radical (unpaired) electrons. The molecule has 2 N–H and O–H groups in total. The van der Waals surface area contributed by atoms with Crippen molar-refractivity contribution in [2.75, 3.05) is 29.9 Å². The number of ether oxygens (including phenoxy) is 1. The number of nitrogens with one attached hydrogen (secondary N) is 2. The predicted molar refractivity (Wildman–Crippen MR) is 102 cm³/mol. The summed E-state index contributed by atoms with van der Waals surface area (Å²) in [5, 5.41) is 5.19. The lowest BCUT2D eigenvalue weighted by Gasteiger charge is -2.29. The zero-order chi connectivity index (χ0) is 21.0. The van der Waals surface area contributed by atoms with E-state index in [4.69, 9.17) is 4.74 Å². The van der Waals surface area contributed by atoms with Crippen molar-refractivity contribution in [3.63, 3.8) is 0 Å². The van der Waals surface area contributed by atoms with E-state index in [1.54, 1.807) is 0 Å². The zero-order valence-corrected chi connectivity index (χ0v) is 15.6. The van der Waals surface area contributed by atoms with Gasteiger partial charge in [0.2, 0.25) is 5.91 Å². The number of rotatable bonds is 6. The molecule has 1 heterocycles. The van der Waals surface area contributed by atoms with Gasteiger partial charge in [0.15, 0.2) is 6.61 Å². The van der Waals surface area contributed by atoms with Gasteiger partial charge in [-0.05, 0) is 36.8 Å². The number of hydrogen-bond acceptors (Lipinski definition) is 4. The molecule has 0 spiro atoms. The van der Waals surface area contributed by atoms with Gasteiger partial charge in [0, 0.05) is 18.3 Å². The van der Waals surface area contributed by atoms with Crippen LogP contribution in [0.5, 0.6) is 5.75 Å². The Bertz CT molecular complexity index is 965. The van der Waals surface area contributed by atoms with E-state index in [1.165, 1.54) is 23.1 Å². The van der Waals surface area contributed by atoms with Crippen LogP contribution in [0, 0.1) is 11.6 Å². The van der Waals surface area contributed by atoms with Gasteiger partial charge in [-0.2, -0.15) is 0 Å². The molecule has 0 saturated carbocycles. The van der Waals surface area contributed by atoms with Crippen LogP contribution in [-0.4, -0.2) is 37.4 Å². The Hall–Kier alpha value is -3.49. The van der Waals surface area contributed by atoms with E-state index in [9.17, 15) is 23.2 Å². The molecule has 0 aromatic heterocycles. The first-order valence-electron chi connectivity index (χ1n) is 8.99. The molecule has 0 atom stereocenters. The van der Waals surface area contributed by atoms with Gasteiger partial charge in [-0.15, -0.1) is 0 Å². The van der Waals surface area contributed by atoms with Crippen LogP contribution in [0.3, 0.4) is 0 Å². The second kappa shape index (κ2) is 8.68. The highest BCUT2D eigenvalue weighted by Gasteiger charge is 2.28. The third-order valence-electron chi connectivity index (χ3n) is 4.21. The van der Waals surface area contributed by atoms with Crippen molar-refractivity contribution in [1.29, 1.82) is 0 Å². The summed E-state index contributed by atoms with van der Waals surface area (Å²) in [6, 6.07) is 7.14. The summed E-state index contributed by atoms with van der Waals surface area (Å²) in [7, 11) is 0. The molecule has 1 aliphatic heterocycles. The molecular weight excluding hydrogens is 384 g/mol. The molecule has 0 bridgehead atoms. The molecule has 0 aliphatic carbocycles. The number of anilines is 2. The smallest absolute Gasteiger partial charge is 0.265 e. The fourth-order valence-corrected chi connectivity index (χ4v) is 2.79. The van der Waals surface area contributed by atoms with Gasteiger partial charge in [0.25, 0.3) is 11.8 Å². The molecule has 2 aromatic carbocycles. The van der Waals surface area contributed by atoms with Gasteiger partial charge in [0.1, 0.15) is 23.9 Å². The number of amides is 3. The fraction of sp³-hybridized carbons (Fsp3) is 0.250. The maximum Gasteiger partial charge on any atom is 0.265 e. The lowest BCUT2D eigenvalue weighted by atomic mass is 10.1. The Balaban J connectivity index is 1.82. The van der Waals surface area contributed by atoms with Crippen LogP contribution in [0.25, 0.3) is 0 Å². The van der Waals surface area contributed by atoms with Gasteiger partial charge in [0.05, 0.1) is 11.3 Å². The van der Waals surface area contributed by atoms with Crippen LogP contribution in [0.1, 0.15) is 23.7 Å². The third kappa shape index (κ3) is 4.68. The number of hydrogen-bond donors (Lipinski definition) is 2. The van der Waals surface area contributed by atoms with Gasteiger partial charge < -0.3 is 15.4 Å². The number of benzene rings is 2. The van der Waals surface area contributed by atoms with Gasteiger partial charge in [-0.3, -0.25) is 19.3 Å². The Morgan fingerprint density at radius 3 is 2.69 bits per heavy atom. The highest BCUT2D eigenvalue weighted by molar-refractivity contribution is 6.06. The quantitative estimate of drug-likeness (QED) is 0.776. The van der Waals surface area contributed by atoms with Crippen LogP contribution in [0.4, 0.5) is 20.2 Å². The van der Waals surface area contributed by atoms with Crippen LogP contribution >= 0.6 is 0 Å². The second-order valence-corrected chi connectivity index (χ2v) is 6.38. The SMILES string of the molecule is CCCNC(=O)CN1C(=O)COc2ccc(NC(=O)c3ccc(F)cc3F)cc21. The minimum atomic E-state index is -0.992. The van der Waals surface area contributed by atoms with Crippen molar-refractivity contribution in [3.8, 4) is 5.75 Å². The van der Waals surface area contributed by atoms with Crippen molar-refractivity contribution in [1.82, 2.24) is 5.32 Å². The maximum atomic E-state index is 13.8. The van der Waals surface area contributed by atoms with Crippen molar-refractivity contribution in [3.05, 3.63) is 53.6 Å². The molecule has 0 fully saturated rings. The zero-order valence-electron chi connectivity index (χ0n) is 15.6. The number of halogens is 2. The van der Waals surface area contributed by atoms with E-state index >= 15 is 0 Å². The lowest BCUT2D eigenvalue weighted by Crippen LogP contribution is -2.45. The maximum absolute atomic E-state index is 13.8. The lowest BCUT2D eigenvalue weighted by molar-refractivity contribution is -0.125. The van der Waals surface area contributed by atoms with E-state index < -0.39 is 23.4 Å². The van der Waals surface area contributed by atoms with Crippen molar-refractivity contribution in [2.45, 2.75) is 13.3 Å². The summed E-state index contributed by atoms with van der Waals surface area (Å²) in [6.07, 6.45) is 0.759. The van der Waals surface area contributed by atoms with Gasteiger partial charge in [-0.25, -0.2) is 8.78 Å². The first kappa shape index (κ1) is 20.2. The van der Waals surface area contributed by atoms with Gasteiger partial charge in [-0.1, -0.05) is 6.92 Å². The summed E-state index contributed by atoms with van der Waals surface area (Å²) in [4.78, 5) is 37.9. The van der Waals surface area contributed by atoms with Crippen LogP contribution in [0.15, 0.2) is 36.4 Å². The molecule has 152 valence electrons. The molecule has 7 nitrogen and oxygen atoms in total. The molecule has 9 heteroatoms. The van der Waals surface area contributed by atoms with Crippen molar-refractivity contribution >= 4 is 29.1 Å². The number of fused-ring (bicyclic) bond motifs is 1. The molecule has 2 aromatic rings. The minimum Gasteiger partial charge on any atom is -0.482 e. The average molecular weight is 403 g/mol. The Kier molecular flexibility index (Phi) is 6.06. The molecule has 29 heavy (non-hydrogen) atoms. The molecule has 1 aliphatic rings. The molecule has 3 rings (SSSR count). The first-order chi connectivity index (χ1) is 13.9. The molecule has 3 amide bonds. The number of carbonyl (C=O) groups excluding carboxylic acids is 3. The molecule has 0 unspecified atom stereocenters. The topological polar surface area (TPSA) is 87.7 Å². The second-order valence-electron chi connectivity index (χ2n) is 6.38. The van der Waals surface area contributed by atoms with E-state index in [1.807, 2.05) is 6.92 Å². The minimum absolute atomic E-state index is 0.195. The van der Waals surface area contributed by atoms with E-state index in [0.29, 0.717) is 24.0 Å². The first-order valence-corrected chi connectivity index (χ1v) is 8.99. The normalized spacial score (nSPS) is 12.8. The monoisotopic (exact) mass is 403 g/mol. The molecule has 0 saturated heterocycles. The summed E-state index contributed by atoms with van der Waals surface area (Å²) in [5.41, 5.74) is 0.243. The summed E-state index contributed by atoms with van der Waals surface area (Å²) in [6.45, 7) is 2.00. The predicted octanol–water partition coefficient (Wildman–Crippen LogP) is 2.47. The van der Waals surface area contributed by atoms with Crippen LogP contribution in [0.2, 0.25) is 0 Å². The van der Waals surface area contributed by atoms with Crippen LogP contribution < -0.4 is 20.3 Å². The average Bonchev–Trinajstić information content (AvgIpc) is 2.68. The number of carbonyl (C=O) groups is 3. The Morgan fingerprint density at radius 1 is 1.17 bits per heavy atom. The Morgan fingerprint density at radius 2 is 1.97 bits per heavy atom. The summed E-state index contributed by atoms with van der Waals surface area (Å²) >= 11 is 0. The highest BCUT2D eigenvalue weighted by Crippen LogP contribution is 2.34. The largest absolute Gasteiger partial charge is 0.482 e. The summed E-state index contributed by atoms with van der Waals surface area (Å²) < 4.78 is 32.2. The fourth-order valence-electron chi connectivity index (χ4n) is 2.79. The van der Waals surface area contributed by atoms with E-state index in [0.717, 1.165) is 18.6 Å². The van der Waals surface area contributed by atoms with Crippen LogP contribution in [-0.2, 0) is 9.59 Å². The molecular formula is C20H19F2N3O4.